The highest BCUT2D eigenvalue weighted by Gasteiger charge is 2.17. The van der Waals surface area contributed by atoms with Crippen molar-refractivity contribution in [1.82, 2.24) is 4.98 Å². The Bertz CT molecular complexity index is 340. The van der Waals surface area contributed by atoms with Crippen LogP contribution in [0.2, 0.25) is 0 Å². The van der Waals surface area contributed by atoms with Gasteiger partial charge >= 0.3 is 5.97 Å². The molecule has 0 amide bonds. The number of hydrogen-bond acceptors (Lipinski definition) is 4. The van der Waals surface area contributed by atoms with Gasteiger partial charge in [0.15, 0.2) is 6.10 Å². The van der Waals surface area contributed by atoms with Gasteiger partial charge in [0.1, 0.15) is 5.75 Å². The van der Waals surface area contributed by atoms with E-state index in [9.17, 15) is 4.79 Å². The van der Waals surface area contributed by atoms with Crippen molar-refractivity contribution in [3.05, 3.63) is 24.0 Å². The lowest BCUT2D eigenvalue weighted by atomic mass is 10.1. The normalized spacial score (nSPS) is 12.1. The fraction of sp³-hybridized carbons (Fsp3) is 0.400. The maximum atomic E-state index is 10.7. The summed E-state index contributed by atoms with van der Waals surface area (Å²) in [5.74, 6) is -0.381. The fourth-order valence-electron chi connectivity index (χ4n) is 1.17. The highest BCUT2D eigenvalue weighted by Crippen LogP contribution is 2.12. The highest BCUT2D eigenvalue weighted by atomic mass is 16.5. The van der Waals surface area contributed by atoms with Gasteiger partial charge in [-0.05, 0) is 11.6 Å². The Hall–Kier alpha value is -1.62. The van der Waals surface area contributed by atoms with E-state index in [1.165, 1.54) is 14.2 Å². The van der Waals surface area contributed by atoms with E-state index in [-0.39, 0.29) is 6.42 Å². The largest absolute Gasteiger partial charge is 0.495 e. The van der Waals surface area contributed by atoms with Crippen LogP contribution in [0.25, 0.3) is 0 Å². The number of aromatic nitrogens is 1. The first-order chi connectivity index (χ1) is 7.17. The van der Waals surface area contributed by atoms with Crippen LogP contribution in [0.1, 0.15) is 5.56 Å². The maximum absolute atomic E-state index is 10.7. The Morgan fingerprint density at radius 3 is 2.80 bits per heavy atom. The Labute approximate surface area is 87.7 Å². The van der Waals surface area contributed by atoms with Gasteiger partial charge in [-0.3, -0.25) is 4.98 Å². The van der Waals surface area contributed by atoms with E-state index in [1.54, 1.807) is 18.5 Å². The molecule has 1 rings (SSSR count). The van der Waals surface area contributed by atoms with Crippen molar-refractivity contribution in [1.29, 1.82) is 0 Å². The second-order valence-electron chi connectivity index (χ2n) is 3.00. The Morgan fingerprint density at radius 2 is 2.27 bits per heavy atom. The zero-order valence-corrected chi connectivity index (χ0v) is 8.64. The van der Waals surface area contributed by atoms with Crippen LogP contribution >= 0.6 is 0 Å². The van der Waals surface area contributed by atoms with Crippen LogP contribution in [0, 0.1) is 0 Å². The van der Waals surface area contributed by atoms with Crippen molar-refractivity contribution >= 4 is 5.97 Å². The summed E-state index contributed by atoms with van der Waals surface area (Å²) in [6, 6.07) is 1.74. The molecule has 0 aliphatic heterocycles. The molecule has 0 fully saturated rings. The maximum Gasteiger partial charge on any atom is 0.333 e. The molecule has 5 heteroatoms. The standard InChI is InChI=1S/C10H13NO4/c1-14-8-3-7(5-11-6-8)4-9(15-2)10(12)13/h3,5-6,9H,4H2,1-2H3,(H,12,13). The summed E-state index contributed by atoms with van der Waals surface area (Å²) < 4.78 is 9.80. The smallest absolute Gasteiger partial charge is 0.333 e. The molecule has 82 valence electrons. The molecule has 1 atom stereocenters. The number of carboxylic acids is 1. The SMILES string of the molecule is COc1cncc(CC(OC)C(=O)O)c1. The van der Waals surface area contributed by atoms with E-state index in [4.69, 9.17) is 14.6 Å². The average Bonchev–Trinajstić information content (AvgIpc) is 2.25. The lowest BCUT2D eigenvalue weighted by Gasteiger charge is -2.10. The van der Waals surface area contributed by atoms with Crippen molar-refractivity contribution < 1.29 is 19.4 Å². The first-order valence-electron chi connectivity index (χ1n) is 4.41. The molecule has 5 nitrogen and oxygen atoms in total. The minimum Gasteiger partial charge on any atom is -0.495 e. The molecule has 0 spiro atoms. The number of rotatable bonds is 5. The molecule has 1 unspecified atom stereocenters. The predicted octanol–water partition coefficient (Wildman–Crippen LogP) is 0.732. The molecule has 0 radical (unpaired) electrons. The molecular formula is C10H13NO4. The third kappa shape index (κ3) is 3.21. The summed E-state index contributed by atoms with van der Waals surface area (Å²) in [6.07, 6.45) is 2.58. The molecule has 1 aromatic rings. The van der Waals surface area contributed by atoms with Gasteiger partial charge in [-0.15, -0.1) is 0 Å². The van der Waals surface area contributed by atoms with Gasteiger partial charge in [-0.25, -0.2) is 4.79 Å². The van der Waals surface area contributed by atoms with E-state index in [0.717, 1.165) is 5.56 Å². The van der Waals surface area contributed by atoms with E-state index in [0.29, 0.717) is 5.75 Å². The van der Waals surface area contributed by atoms with Gasteiger partial charge < -0.3 is 14.6 Å². The van der Waals surface area contributed by atoms with Gasteiger partial charge in [0, 0.05) is 19.7 Å². The summed E-state index contributed by atoms with van der Waals surface area (Å²) in [5.41, 5.74) is 0.767. The number of methoxy groups -OCH3 is 2. The summed E-state index contributed by atoms with van der Waals surface area (Å²) in [7, 11) is 2.90. The molecular weight excluding hydrogens is 198 g/mol. The molecule has 1 aromatic heterocycles. The molecule has 0 saturated heterocycles. The minimum atomic E-state index is -0.986. The van der Waals surface area contributed by atoms with Gasteiger partial charge in [0.05, 0.1) is 13.3 Å². The van der Waals surface area contributed by atoms with E-state index < -0.39 is 12.1 Å². The van der Waals surface area contributed by atoms with Crippen molar-refractivity contribution in [3.63, 3.8) is 0 Å². The van der Waals surface area contributed by atoms with Crippen LogP contribution < -0.4 is 4.74 Å². The van der Waals surface area contributed by atoms with E-state index >= 15 is 0 Å². The molecule has 1 heterocycles. The molecule has 1 N–H and O–H groups in total. The lowest BCUT2D eigenvalue weighted by Crippen LogP contribution is -2.24. The Morgan fingerprint density at radius 1 is 1.53 bits per heavy atom. The summed E-state index contributed by atoms with van der Waals surface area (Å²) in [4.78, 5) is 14.6. The number of aliphatic carboxylic acids is 1. The van der Waals surface area contributed by atoms with Crippen LogP contribution in [-0.2, 0) is 16.0 Å². The lowest BCUT2D eigenvalue weighted by molar-refractivity contribution is -0.148. The summed E-state index contributed by atoms with van der Waals surface area (Å²) in [5, 5.41) is 8.78. The zero-order valence-electron chi connectivity index (χ0n) is 8.64. The Kier molecular flexibility index (Phi) is 4.05. The highest BCUT2D eigenvalue weighted by molar-refractivity contribution is 5.72. The predicted molar refractivity (Wildman–Crippen MR) is 52.9 cm³/mol. The van der Waals surface area contributed by atoms with Crippen LogP contribution in [-0.4, -0.2) is 36.4 Å². The van der Waals surface area contributed by atoms with E-state index in [2.05, 4.69) is 4.98 Å². The number of hydrogen-bond donors (Lipinski definition) is 1. The number of carboxylic acid groups (broad SMARTS) is 1. The van der Waals surface area contributed by atoms with Gasteiger partial charge in [-0.2, -0.15) is 0 Å². The minimum absolute atomic E-state index is 0.274. The number of nitrogens with zero attached hydrogens (tertiary/aromatic N) is 1. The molecule has 0 aliphatic rings. The quantitative estimate of drug-likeness (QED) is 0.777. The number of carbonyl (C=O) groups is 1. The first-order valence-corrected chi connectivity index (χ1v) is 4.41. The van der Waals surface area contributed by atoms with Crippen molar-refractivity contribution in [2.24, 2.45) is 0 Å². The third-order valence-corrected chi connectivity index (χ3v) is 1.99. The van der Waals surface area contributed by atoms with E-state index in [1.807, 2.05) is 0 Å². The van der Waals surface area contributed by atoms with Crippen LogP contribution in [0.5, 0.6) is 5.75 Å². The van der Waals surface area contributed by atoms with Crippen molar-refractivity contribution in [3.8, 4) is 5.75 Å². The van der Waals surface area contributed by atoms with Crippen molar-refractivity contribution in [2.45, 2.75) is 12.5 Å². The summed E-state index contributed by atoms with van der Waals surface area (Å²) >= 11 is 0. The first kappa shape index (κ1) is 11.5. The monoisotopic (exact) mass is 211 g/mol. The van der Waals surface area contributed by atoms with Crippen molar-refractivity contribution in [2.75, 3.05) is 14.2 Å². The number of ether oxygens (including phenoxy) is 2. The van der Waals surface area contributed by atoms with Crippen LogP contribution in [0.4, 0.5) is 0 Å². The van der Waals surface area contributed by atoms with Crippen LogP contribution in [0.3, 0.4) is 0 Å². The zero-order chi connectivity index (χ0) is 11.3. The second kappa shape index (κ2) is 5.31. The Balaban J connectivity index is 2.74. The third-order valence-electron chi connectivity index (χ3n) is 1.99. The second-order valence-corrected chi connectivity index (χ2v) is 3.00. The molecule has 0 saturated carbocycles. The van der Waals surface area contributed by atoms with Gasteiger partial charge in [-0.1, -0.05) is 0 Å². The molecule has 0 bridgehead atoms. The molecule has 0 aliphatic carbocycles. The van der Waals surface area contributed by atoms with Gasteiger partial charge in [0.25, 0.3) is 0 Å². The number of pyridine rings is 1. The molecule has 0 aromatic carbocycles. The summed E-state index contributed by atoms with van der Waals surface area (Å²) in [6.45, 7) is 0. The van der Waals surface area contributed by atoms with Crippen LogP contribution in [0.15, 0.2) is 18.5 Å². The fourth-order valence-corrected chi connectivity index (χ4v) is 1.17. The van der Waals surface area contributed by atoms with Gasteiger partial charge in [0.2, 0.25) is 0 Å². The topological polar surface area (TPSA) is 68.7 Å². The average molecular weight is 211 g/mol. The molecule has 15 heavy (non-hydrogen) atoms.